The summed E-state index contributed by atoms with van der Waals surface area (Å²) in [6, 6.07) is 0. The van der Waals surface area contributed by atoms with Gasteiger partial charge in [0.25, 0.3) is 0 Å². The van der Waals surface area contributed by atoms with Crippen molar-refractivity contribution < 1.29 is 0 Å². The van der Waals surface area contributed by atoms with Crippen molar-refractivity contribution in [2.75, 3.05) is 5.32 Å². The molecule has 0 unspecified atom stereocenters. The normalized spacial score (nSPS) is 14.3. The van der Waals surface area contributed by atoms with E-state index in [-0.39, 0.29) is 0 Å². The lowest BCUT2D eigenvalue weighted by molar-refractivity contribution is 0.663. The largest absolute Gasteiger partial charge is 0.365 e. The molecule has 0 amide bonds. The number of rotatable bonds is 3. The Bertz CT molecular complexity index is 550. The van der Waals surface area contributed by atoms with Gasteiger partial charge in [-0.2, -0.15) is 0 Å². The van der Waals surface area contributed by atoms with Crippen LogP contribution in [-0.2, 0) is 19.4 Å². The van der Waals surface area contributed by atoms with E-state index in [1.54, 1.807) is 17.7 Å². The molecule has 0 saturated carbocycles. The number of anilines is 1. The second-order valence-corrected chi connectivity index (χ2v) is 5.51. The van der Waals surface area contributed by atoms with E-state index in [4.69, 9.17) is 0 Å². The highest BCUT2D eigenvalue weighted by molar-refractivity contribution is 7.09. The van der Waals surface area contributed by atoms with E-state index in [0.29, 0.717) is 0 Å². The summed E-state index contributed by atoms with van der Waals surface area (Å²) in [5.74, 6) is 1.01. The summed E-state index contributed by atoms with van der Waals surface area (Å²) in [5, 5.41) is 3.44. The molecule has 0 atom stereocenters. The summed E-state index contributed by atoms with van der Waals surface area (Å²) in [5.41, 5.74) is 5.53. The maximum Gasteiger partial charge on any atom is 0.133 e. The molecule has 1 aliphatic rings. The fraction of sp³-hybridized carbons (Fsp3) is 0.462. The van der Waals surface area contributed by atoms with E-state index in [1.807, 2.05) is 12.4 Å². The van der Waals surface area contributed by atoms with Crippen molar-refractivity contribution in [2.24, 2.45) is 0 Å². The SMILES string of the molecule is Cc1ncsc1CNc1ncnc2c1CCCC2. The number of aromatic nitrogens is 3. The third-order valence-electron chi connectivity index (χ3n) is 3.39. The van der Waals surface area contributed by atoms with Gasteiger partial charge in [-0.15, -0.1) is 11.3 Å². The smallest absolute Gasteiger partial charge is 0.133 e. The van der Waals surface area contributed by atoms with Crippen molar-refractivity contribution in [2.45, 2.75) is 39.2 Å². The molecule has 5 heteroatoms. The first kappa shape index (κ1) is 11.6. The number of nitrogens with zero attached hydrogens (tertiary/aromatic N) is 3. The second-order valence-electron chi connectivity index (χ2n) is 4.57. The highest BCUT2D eigenvalue weighted by Gasteiger charge is 2.15. The maximum atomic E-state index is 4.38. The maximum absolute atomic E-state index is 4.38. The zero-order chi connectivity index (χ0) is 12.4. The van der Waals surface area contributed by atoms with Gasteiger partial charge in [0.15, 0.2) is 0 Å². The number of hydrogen-bond acceptors (Lipinski definition) is 5. The van der Waals surface area contributed by atoms with Crippen LogP contribution in [0.25, 0.3) is 0 Å². The Morgan fingerprint density at radius 1 is 1.22 bits per heavy atom. The van der Waals surface area contributed by atoms with Crippen LogP contribution in [0.1, 0.15) is 34.7 Å². The summed E-state index contributed by atoms with van der Waals surface area (Å²) in [7, 11) is 0. The molecular formula is C13H16N4S. The van der Waals surface area contributed by atoms with Crippen LogP contribution in [0.15, 0.2) is 11.8 Å². The number of aryl methyl sites for hydroxylation is 2. The summed E-state index contributed by atoms with van der Waals surface area (Å²) in [4.78, 5) is 14.3. The first-order valence-electron chi connectivity index (χ1n) is 6.30. The van der Waals surface area contributed by atoms with E-state index >= 15 is 0 Å². The van der Waals surface area contributed by atoms with E-state index < -0.39 is 0 Å². The van der Waals surface area contributed by atoms with Crippen molar-refractivity contribution in [1.29, 1.82) is 0 Å². The molecule has 0 bridgehead atoms. The van der Waals surface area contributed by atoms with Crippen LogP contribution in [-0.4, -0.2) is 15.0 Å². The van der Waals surface area contributed by atoms with E-state index in [1.165, 1.54) is 29.0 Å². The van der Waals surface area contributed by atoms with Crippen molar-refractivity contribution in [3.8, 4) is 0 Å². The predicted octanol–water partition coefficient (Wildman–Crippen LogP) is 2.73. The Hall–Kier alpha value is -1.49. The standard InChI is InChI=1S/C13H16N4S/c1-9-12(18-8-17-9)6-14-13-10-4-2-3-5-11(10)15-7-16-13/h7-8H,2-6H2,1H3,(H,14,15,16). The van der Waals surface area contributed by atoms with Crippen LogP contribution in [0.3, 0.4) is 0 Å². The number of hydrogen-bond donors (Lipinski definition) is 1. The number of nitrogens with one attached hydrogen (secondary N) is 1. The van der Waals surface area contributed by atoms with Gasteiger partial charge in [0.05, 0.1) is 17.7 Å². The highest BCUT2D eigenvalue weighted by Crippen LogP contribution is 2.25. The summed E-state index contributed by atoms with van der Waals surface area (Å²) in [6.45, 7) is 2.85. The predicted molar refractivity (Wildman–Crippen MR) is 72.9 cm³/mol. The van der Waals surface area contributed by atoms with Crippen LogP contribution in [0.5, 0.6) is 0 Å². The van der Waals surface area contributed by atoms with Crippen molar-refractivity contribution in [3.05, 3.63) is 33.7 Å². The molecule has 0 spiro atoms. The molecule has 2 aromatic rings. The minimum atomic E-state index is 0.806. The molecule has 18 heavy (non-hydrogen) atoms. The Morgan fingerprint density at radius 2 is 2.11 bits per heavy atom. The number of fused-ring (bicyclic) bond motifs is 1. The van der Waals surface area contributed by atoms with Gasteiger partial charge in [0, 0.05) is 16.1 Å². The Kier molecular flexibility index (Phi) is 3.23. The van der Waals surface area contributed by atoms with Crippen LogP contribution < -0.4 is 5.32 Å². The third kappa shape index (κ3) is 2.22. The molecule has 3 rings (SSSR count). The van der Waals surface area contributed by atoms with Gasteiger partial charge >= 0.3 is 0 Å². The van der Waals surface area contributed by atoms with Gasteiger partial charge in [-0.3, -0.25) is 0 Å². The van der Waals surface area contributed by atoms with Gasteiger partial charge in [0.1, 0.15) is 12.1 Å². The summed E-state index contributed by atoms with van der Waals surface area (Å²) < 4.78 is 0. The lowest BCUT2D eigenvalue weighted by Gasteiger charge is -2.17. The van der Waals surface area contributed by atoms with Gasteiger partial charge in [-0.25, -0.2) is 15.0 Å². The van der Waals surface area contributed by atoms with Crippen LogP contribution in [0.4, 0.5) is 5.82 Å². The molecule has 0 fully saturated rings. The lowest BCUT2D eigenvalue weighted by atomic mass is 9.96. The molecule has 2 aromatic heterocycles. The Labute approximate surface area is 111 Å². The van der Waals surface area contributed by atoms with Crippen molar-refractivity contribution in [3.63, 3.8) is 0 Å². The van der Waals surface area contributed by atoms with E-state index in [0.717, 1.165) is 30.9 Å². The van der Waals surface area contributed by atoms with Crippen molar-refractivity contribution in [1.82, 2.24) is 15.0 Å². The summed E-state index contributed by atoms with van der Waals surface area (Å²) in [6.07, 6.45) is 6.35. The quantitative estimate of drug-likeness (QED) is 0.922. The van der Waals surface area contributed by atoms with Gasteiger partial charge in [-0.05, 0) is 32.6 Å². The van der Waals surface area contributed by atoms with Crippen molar-refractivity contribution >= 4 is 17.2 Å². The van der Waals surface area contributed by atoms with Crippen LogP contribution >= 0.6 is 11.3 Å². The first-order valence-corrected chi connectivity index (χ1v) is 7.18. The van der Waals surface area contributed by atoms with Gasteiger partial charge < -0.3 is 5.32 Å². The average molecular weight is 260 g/mol. The second kappa shape index (κ2) is 5.02. The Balaban J connectivity index is 1.79. The summed E-state index contributed by atoms with van der Waals surface area (Å²) >= 11 is 1.69. The zero-order valence-electron chi connectivity index (χ0n) is 10.4. The Morgan fingerprint density at radius 3 is 2.94 bits per heavy atom. The van der Waals surface area contributed by atoms with Crippen LogP contribution in [0.2, 0.25) is 0 Å². The average Bonchev–Trinajstić information content (AvgIpc) is 2.82. The topological polar surface area (TPSA) is 50.7 Å². The first-order chi connectivity index (χ1) is 8.84. The molecule has 0 aliphatic heterocycles. The molecule has 2 heterocycles. The minimum absolute atomic E-state index is 0.806. The fourth-order valence-corrected chi connectivity index (χ4v) is 3.05. The molecule has 0 radical (unpaired) electrons. The fourth-order valence-electron chi connectivity index (χ4n) is 2.33. The molecule has 4 nitrogen and oxygen atoms in total. The molecule has 94 valence electrons. The molecule has 0 aromatic carbocycles. The van der Waals surface area contributed by atoms with Gasteiger partial charge in [0.2, 0.25) is 0 Å². The molecule has 1 aliphatic carbocycles. The van der Waals surface area contributed by atoms with Crippen LogP contribution in [0, 0.1) is 6.92 Å². The van der Waals surface area contributed by atoms with E-state index in [9.17, 15) is 0 Å². The zero-order valence-corrected chi connectivity index (χ0v) is 11.3. The third-order valence-corrected chi connectivity index (χ3v) is 4.32. The highest BCUT2D eigenvalue weighted by atomic mass is 32.1. The molecular weight excluding hydrogens is 244 g/mol. The van der Waals surface area contributed by atoms with E-state index in [2.05, 4.69) is 20.3 Å². The lowest BCUT2D eigenvalue weighted by Crippen LogP contribution is -2.12. The van der Waals surface area contributed by atoms with Gasteiger partial charge in [-0.1, -0.05) is 0 Å². The molecule has 1 N–H and O–H groups in total. The minimum Gasteiger partial charge on any atom is -0.365 e. The monoisotopic (exact) mass is 260 g/mol. The number of thiazole rings is 1. The molecule has 0 saturated heterocycles.